The van der Waals surface area contributed by atoms with E-state index in [-0.39, 0.29) is 5.75 Å². The Morgan fingerprint density at radius 1 is 1.24 bits per heavy atom. The van der Waals surface area contributed by atoms with Crippen LogP contribution in [-0.2, 0) is 11.3 Å². The van der Waals surface area contributed by atoms with Crippen LogP contribution in [0.1, 0.15) is 12.0 Å². The van der Waals surface area contributed by atoms with Gasteiger partial charge in [0.1, 0.15) is 5.75 Å². The molecular formula is C12H17F2NO2. The fraction of sp³-hybridized carbons (Fsp3) is 0.500. The third-order valence-corrected chi connectivity index (χ3v) is 2.18. The van der Waals surface area contributed by atoms with Crippen molar-refractivity contribution in [3.05, 3.63) is 29.8 Å². The van der Waals surface area contributed by atoms with Crippen LogP contribution in [0.15, 0.2) is 24.3 Å². The summed E-state index contributed by atoms with van der Waals surface area (Å²) in [5.41, 5.74) is 1.03. The molecule has 1 aromatic carbocycles. The van der Waals surface area contributed by atoms with E-state index in [0.29, 0.717) is 6.54 Å². The van der Waals surface area contributed by atoms with E-state index in [4.69, 9.17) is 4.74 Å². The lowest BCUT2D eigenvalue weighted by Gasteiger charge is -2.07. The minimum atomic E-state index is -2.77. The normalized spacial score (nSPS) is 10.8. The first kappa shape index (κ1) is 13.9. The number of halogens is 2. The summed E-state index contributed by atoms with van der Waals surface area (Å²) in [5, 5.41) is 3.23. The van der Waals surface area contributed by atoms with E-state index in [0.717, 1.165) is 25.1 Å². The number of ether oxygens (including phenoxy) is 2. The molecule has 0 saturated heterocycles. The van der Waals surface area contributed by atoms with E-state index >= 15 is 0 Å². The maximum atomic E-state index is 11.9. The Morgan fingerprint density at radius 3 is 2.53 bits per heavy atom. The van der Waals surface area contributed by atoms with Gasteiger partial charge in [-0.1, -0.05) is 12.1 Å². The maximum Gasteiger partial charge on any atom is 0.387 e. The molecule has 1 rings (SSSR count). The topological polar surface area (TPSA) is 30.5 Å². The number of alkyl halides is 2. The van der Waals surface area contributed by atoms with Crippen molar-refractivity contribution < 1.29 is 18.3 Å². The zero-order valence-corrected chi connectivity index (χ0v) is 9.79. The first-order chi connectivity index (χ1) is 8.22. The Hall–Kier alpha value is -1.20. The largest absolute Gasteiger partial charge is 0.435 e. The zero-order chi connectivity index (χ0) is 12.5. The molecule has 1 N–H and O–H groups in total. The van der Waals surface area contributed by atoms with Crippen LogP contribution in [0.2, 0.25) is 0 Å². The summed E-state index contributed by atoms with van der Waals surface area (Å²) >= 11 is 0. The van der Waals surface area contributed by atoms with Crippen molar-refractivity contribution in [1.82, 2.24) is 5.32 Å². The predicted octanol–water partition coefficient (Wildman–Crippen LogP) is 2.41. The lowest BCUT2D eigenvalue weighted by Crippen LogP contribution is -2.16. The number of rotatable bonds is 8. The van der Waals surface area contributed by atoms with Crippen LogP contribution in [0.5, 0.6) is 5.75 Å². The highest BCUT2D eigenvalue weighted by atomic mass is 19.3. The molecule has 96 valence electrons. The average molecular weight is 245 g/mol. The van der Waals surface area contributed by atoms with Crippen LogP contribution in [0.4, 0.5) is 8.78 Å². The lowest BCUT2D eigenvalue weighted by molar-refractivity contribution is -0.0498. The Kier molecular flexibility index (Phi) is 6.50. The fourth-order valence-electron chi connectivity index (χ4n) is 1.36. The number of hydrogen-bond acceptors (Lipinski definition) is 3. The SMILES string of the molecule is COCCCNCc1ccc(OC(F)F)cc1. The van der Waals surface area contributed by atoms with Gasteiger partial charge >= 0.3 is 6.61 Å². The van der Waals surface area contributed by atoms with E-state index in [9.17, 15) is 8.78 Å². The molecule has 0 fully saturated rings. The molecule has 0 atom stereocenters. The molecule has 5 heteroatoms. The van der Waals surface area contributed by atoms with Crippen LogP contribution in [0, 0.1) is 0 Å². The summed E-state index contributed by atoms with van der Waals surface area (Å²) in [7, 11) is 1.67. The van der Waals surface area contributed by atoms with Crippen molar-refractivity contribution in [1.29, 1.82) is 0 Å². The summed E-state index contributed by atoms with van der Waals surface area (Å²) in [6.07, 6.45) is 0.947. The van der Waals surface area contributed by atoms with Gasteiger partial charge in [0, 0.05) is 20.3 Å². The minimum absolute atomic E-state index is 0.183. The Morgan fingerprint density at radius 2 is 1.94 bits per heavy atom. The molecule has 0 aromatic heterocycles. The van der Waals surface area contributed by atoms with Crippen molar-refractivity contribution in [3.63, 3.8) is 0 Å². The molecule has 0 unspecified atom stereocenters. The quantitative estimate of drug-likeness (QED) is 0.713. The highest BCUT2D eigenvalue weighted by molar-refractivity contribution is 5.27. The van der Waals surface area contributed by atoms with Gasteiger partial charge in [-0.3, -0.25) is 0 Å². The second-order valence-corrected chi connectivity index (χ2v) is 3.55. The van der Waals surface area contributed by atoms with Gasteiger partial charge in [0.05, 0.1) is 0 Å². The molecule has 0 bridgehead atoms. The molecular weight excluding hydrogens is 228 g/mol. The van der Waals surface area contributed by atoms with E-state index in [1.807, 2.05) is 0 Å². The smallest absolute Gasteiger partial charge is 0.387 e. The number of hydrogen-bond donors (Lipinski definition) is 1. The second-order valence-electron chi connectivity index (χ2n) is 3.55. The van der Waals surface area contributed by atoms with Gasteiger partial charge in [-0.05, 0) is 30.7 Å². The van der Waals surface area contributed by atoms with Gasteiger partial charge in [-0.2, -0.15) is 8.78 Å². The van der Waals surface area contributed by atoms with E-state index < -0.39 is 6.61 Å². The van der Waals surface area contributed by atoms with Crippen LogP contribution >= 0.6 is 0 Å². The molecule has 17 heavy (non-hydrogen) atoms. The second kappa shape index (κ2) is 7.97. The predicted molar refractivity (Wildman–Crippen MR) is 61.3 cm³/mol. The molecule has 3 nitrogen and oxygen atoms in total. The highest BCUT2D eigenvalue weighted by Gasteiger charge is 2.03. The zero-order valence-electron chi connectivity index (χ0n) is 9.79. The molecule has 0 radical (unpaired) electrons. The highest BCUT2D eigenvalue weighted by Crippen LogP contribution is 2.14. The molecule has 0 amide bonds. The third-order valence-electron chi connectivity index (χ3n) is 2.18. The minimum Gasteiger partial charge on any atom is -0.435 e. The average Bonchev–Trinajstić information content (AvgIpc) is 2.30. The van der Waals surface area contributed by atoms with E-state index in [2.05, 4.69) is 10.1 Å². The van der Waals surface area contributed by atoms with Crippen molar-refractivity contribution in [2.24, 2.45) is 0 Å². The lowest BCUT2D eigenvalue weighted by atomic mass is 10.2. The summed E-state index contributed by atoms with van der Waals surface area (Å²) in [4.78, 5) is 0. The maximum absolute atomic E-state index is 11.9. The van der Waals surface area contributed by atoms with Crippen LogP contribution in [0.25, 0.3) is 0 Å². The van der Waals surface area contributed by atoms with Gasteiger partial charge in [0.15, 0.2) is 0 Å². The Bertz CT molecular complexity index is 304. The third kappa shape index (κ3) is 6.19. The van der Waals surface area contributed by atoms with Gasteiger partial charge in [0.25, 0.3) is 0 Å². The van der Waals surface area contributed by atoms with Crippen LogP contribution in [0.3, 0.4) is 0 Å². The molecule has 0 aliphatic carbocycles. The molecule has 0 aliphatic rings. The number of methoxy groups -OCH3 is 1. The summed E-state index contributed by atoms with van der Waals surface area (Å²) < 4.78 is 33.0. The van der Waals surface area contributed by atoms with Crippen molar-refractivity contribution in [2.45, 2.75) is 19.6 Å². The number of benzene rings is 1. The monoisotopic (exact) mass is 245 g/mol. The first-order valence-corrected chi connectivity index (χ1v) is 5.46. The van der Waals surface area contributed by atoms with Crippen LogP contribution < -0.4 is 10.1 Å². The summed E-state index contributed by atoms with van der Waals surface area (Å²) in [5.74, 6) is 0.183. The number of nitrogens with one attached hydrogen (secondary N) is 1. The summed E-state index contributed by atoms with van der Waals surface area (Å²) in [6.45, 7) is -0.469. The molecule has 0 spiro atoms. The van der Waals surface area contributed by atoms with Crippen molar-refractivity contribution in [2.75, 3.05) is 20.3 Å². The molecule has 1 aromatic rings. The van der Waals surface area contributed by atoms with Gasteiger partial charge in [-0.25, -0.2) is 0 Å². The summed E-state index contributed by atoms with van der Waals surface area (Å²) in [6, 6.07) is 6.61. The first-order valence-electron chi connectivity index (χ1n) is 5.46. The Labute approximate surface area is 99.7 Å². The van der Waals surface area contributed by atoms with Gasteiger partial charge < -0.3 is 14.8 Å². The van der Waals surface area contributed by atoms with Gasteiger partial charge in [-0.15, -0.1) is 0 Å². The molecule has 0 saturated carbocycles. The Balaban J connectivity index is 2.25. The molecule has 0 aliphatic heterocycles. The van der Waals surface area contributed by atoms with Crippen molar-refractivity contribution in [3.8, 4) is 5.75 Å². The fourth-order valence-corrected chi connectivity index (χ4v) is 1.36. The van der Waals surface area contributed by atoms with E-state index in [1.165, 1.54) is 0 Å². The van der Waals surface area contributed by atoms with Gasteiger partial charge in [0.2, 0.25) is 0 Å². The van der Waals surface area contributed by atoms with Crippen molar-refractivity contribution >= 4 is 0 Å². The molecule has 0 heterocycles. The van der Waals surface area contributed by atoms with E-state index in [1.54, 1.807) is 31.4 Å². The standard InChI is InChI=1S/C12H17F2NO2/c1-16-8-2-7-15-9-10-3-5-11(6-4-10)17-12(13)14/h3-6,12,15H,2,7-9H2,1H3. The van der Waals surface area contributed by atoms with Crippen LogP contribution in [-0.4, -0.2) is 26.9 Å².